The van der Waals surface area contributed by atoms with Crippen molar-refractivity contribution in [3.05, 3.63) is 42.0 Å². The number of para-hydroxylation sites is 1. The lowest BCUT2D eigenvalue weighted by Crippen LogP contribution is -2.52. The molecule has 1 aromatic carbocycles. The van der Waals surface area contributed by atoms with Crippen molar-refractivity contribution in [1.82, 2.24) is 25.0 Å². The van der Waals surface area contributed by atoms with Gasteiger partial charge in [0.25, 0.3) is 0 Å². The maximum atomic E-state index is 4.87. The number of hydrogen-bond donors (Lipinski definition) is 1. The second kappa shape index (κ2) is 10.4. The second-order valence-electron chi connectivity index (χ2n) is 6.95. The highest BCUT2D eigenvalue weighted by atomic mass is 32.2. The van der Waals surface area contributed by atoms with E-state index in [0.717, 1.165) is 62.5 Å². The summed E-state index contributed by atoms with van der Waals surface area (Å²) < 4.78 is 2.00. The molecule has 1 N–H and O–H groups in total. The van der Waals surface area contributed by atoms with Crippen molar-refractivity contribution in [2.75, 3.05) is 49.6 Å². The Kier molecular flexibility index (Phi) is 7.59. The summed E-state index contributed by atoms with van der Waals surface area (Å²) in [4.78, 5) is 9.67. The first-order chi connectivity index (χ1) is 13.7. The van der Waals surface area contributed by atoms with Crippen LogP contribution < -0.4 is 10.2 Å². The Morgan fingerprint density at radius 3 is 2.54 bits per heavy atom. The number of thioether (sulfide) groups is 1. The van der Waals surface area contributed by atoms with Crippen LogP contribution in [0.4, 0.5) is 5.69 Å². The highest BCUT2D eigenvalue weighted by Gasteiger charge is 2.20. The molecule has 1 aliphatic rings. The quantitative estimate of drug-likeness (QED) is 0.436. The predicted octanol–water partition coefficient (Wildman–Crippen LogP) is 2.14. The van der Waals surface area contributed by atoms with Gasteiger partial charge in [0.1, 0.15) is 12.4 Å². The van der Waals surface area contributed by atoms with Gasteiger partial charge in [-0.15, -0.1) is 10.2 Å². The molecule has 0 aliphatic carbocycles. The van der Waals surface area contributed by atoms with Crippen molar-refractivity contribution in [3.8, 4) is 0 Å². The Labute approximate surface area is 172 Å². The van der Waals surface area contributed by atoms with Gasteiger partial charge < -0.3 is 19.7 Å². The van der Waals surface area contributed by atoms with Gasteiger partial charge in [-0.05, 0) is 37.5 Å². The largest absolute Gasteiger partial charge is 0.368 e. The number of aryl methyl sites for hydroxylation is 1. The van der Waals surface area contributed by atoms with Gasteiger partial charge in [-0.3, -0.25) is 0 Å². The highest BCUT2D eigenvalue weighted by Crippen LogP contribution is 2.15. The van der Waals surface area contributed by atoms with Gasteiger partial charge in [-0.1, -0.05) is 18.2 Å². The van der Waals surface area contributed by atoms with Crippen LogP contribution in [0.5, 0.6) is 0 Å². The molecule has 0 bridgehead atoms. The molecule has 2 heterocycles. The molecule has 1 aliphatic heterocycles. The van der Waals surface area contributed by atoms with Crippen LogP contribution in [-0.2, 0) is 13.6 Å². The maximum Gasteiger partial charge on any atom is 0.194 e. The molecule has 8 heteroatoms. The predicted molar refractivity (Wildman–Crippen MR) is 118 cm³/mol. The normalized spacial score (nSPS) is 15.2. The minimum atomic E-state index is 0.543. The molecule has 7 nitrogen and oxygen atoms in total. The van der Waals surface area contributed by atoms with Crippen LogP contribution in [0.2, 0.25) is 0 Å². The topological polar surface area (TPSA) is 61.6 Å². The monoisotopic (exact) mass is 401 g/mol. The SMILES string of the molecule is CSCCCNC(=NCc1nnc(C)n1C)N1CCN(c2ccccc2)CC1. The zero-order valence-corrected chi connectivity index (χ0v) is 18.0. The summed E-state index contributed by atoms with van der Waals surface area (Å²) >= 11 is 1.88. The maximum absolute atomic E-state index is 4.87. The molecular weight excluding hydrogens is 370 g/mol. The van der Waals surface area contributed by atoms with Crippen molar-refractivity contribution in [3.63, 3.8) is 0 Å². The summed E-state index contributed by atoms with van der Waals surface area (Å²) in [7, 11) is 1.99. The van der Waals surface area contributed by atoms with E-state index in [-0.39, 0.29) is 0 Å². The van der Waals surface area contributed by atoms with Gasteiger partial charge in [0.15, 0.2) is 11.8 Å². The first kappa shape index (κ1) is 20.5. The van der Waals surface area contributed by atoms with Crippen LogP contribution in [-0.4, -0.2) is 70.4 Å². The fourth-order valence-electron chi connectivity index (χ4n) is 3.23. The third-order valence-corrected chi connectivity index (χ3v) is 5.76. The minimum Gasteiger partial charge on any atom is -0.368 e. The number of hydrogen-bond acceptors (Lipinski definition) is 5. The van der Waals surface area contributed by atoms with E-state index in [4.69, 9.17) is 4.99 Å². The molecule has 28 heavy (non-hydrogen) atoms. The van der Waals surface area contributed by atoms with E-state index < -0.39 is 0 Å². The van der Waals surface area contributed by atoms with Crippen LogP contribution >= 0.6 is 11.8 Å². The number of nitrogens with zero attached hydrogens (tertiary/aromatic N) is 6. The molecule has 0 unspecified atom stereocenters. The van der Waals surface area contributed by atoms with Crippen LogP contribution in [0.15, 0.2) is 35.3 Å². The number of guanidine groups is 1. The van der Waals surface area contributed by atoms with Gasteiger partial charge in [-0.25, -0.2) is 4.99 Å². The molecule has 152 valence electrons. The Hall–Kier alpha value is -2.22. The smallest absolute Gasteiger partial charge is 0.194 e. The van der Waals surface area contributed by atoms with Gasteiger partial charge in [0, 0.05) is 45.5 Å². The van der Waals surface area contributed by atoms with Crippen LogP contribution in [0.3, 0.4) is 0 Å². The van der Waals surface area contributed by atoms with E-state index >= 15 is 0 Å². The Morgan fingerprint density at radius 1 is 1.14 bits per heavy atom. The number of nitrogens with one attached hydrogen (secondary N) is 1. The number of rotatable bonds is 7. The number of aliphatic imine (C=N–C) groups is 1. The minimum absolute atomic E-state index is 0.543. The molecule has 3 rings (SSSR count). The van der Waals surface area contributed by atoms with Crippen LogP contribution in [0.1, 0.15) is 18.1 Å². The molecule has 2 aromatic rings. The molecule has 1 fully saturated rings. The zero-order chi connectivity index (χ0) is 19.8. The van der Waals surface area contributed by atoms with Gasteiger partial charge in [0.05, 0.1) is 0 Å². The molecule has 0 spiro atoms. The van der Waals surface area contributed by atoms with Crippen molar-refractivity contribution < 1.29 is 0 Å². The van der Waals surface area contributed by atoms with Crippen molar-refractivity contribution >= 4 is 23.4 Å². The van der Waals surface area contributed by atoms with Crippen molar-refractivity contribution in [2.24, 2.45) is 12.0 Å². The lowest BCUT2D eigenvalue weighted by atomic mass is 10.2. The molecule has 0 saturated carbocycles. The molecule has 0 radical (unpaired) electrons. The van der Waals surface area contributed by atoms with Crippen molar-refractivity contribution in [2.45, 2.75) is 19.9 Å². The highest BCUT2D eigenvalue weighted by molar-refractivity contribution is 7.98. The third kappa shape index (κ3) is 5.41. The third-order valence-electron chi connectivity index (χ3n) is 5.06. The molecular formula is C20H31N7S. The number of benzene rings is 1. The average Bonchev–Trinajstić information content (AvgIpc) is 3.06. The van der Waals surface area contributed by atoms with Crippen LogP contribution in [0, 0.1) is 6.92 Å². The Bertz CT molecular complexity index is 751. The Morgan fingerprint density at radius 2 is 1.89 bits per heavy atom. The first-order valence-electron chi connectivity index (χ1n) is 9.86. The lowest BCUT2D eigenvalue weighted by molar-refractivity contribution is 0.371. The summed E-state index contributed by atoms with van der Waals surface area (Å²) in [5.41, 5.74) is 1.29. The number of anilines is 1. The standard InChI is InChI=1S/C20H31N7S/c1-17-23-24-19(25(17)2)16-22-20(21-10-7-15-28-3)27-13-11-26(12-14-27)18-8-5-4-6-9-18/h4-6,8-9H,7,10-16H2,1-3H3,(H,21,22). The van der Waals surface area contributed by atoms with Crippen LogP contribution in [0.25, 0.3) is 0 Å². The fourth-order valence-corrected chi connectivity index (χ4v) is 3.67. The Balaban J connectivity index is 1.63. The fraction of sp³-hybridized carbons (Fsp3) is 0.550. The molecule has 1 aromatic heterocycles. The molecule has 1 saturated heterocycles. The van der Waals surface area contributed by atoms with Gasteiger partial charge in [-0.2, -0.15) is 11.8 Å². The summed E-state index contributed by atoms with van der Waals surface area (Å²) in [5.74, 6) is 3.94. The van der Waals surface area contributed by atoms with Crippen molar-refractivity contribution in [1.29, 1.82) is 0 Å². The van der Waals surface area contributed by atoms with E-state index in [1.165, 1.54) is 5.69 Å². The summed E-state index contributed by atoms with van der Waals surface area (Å²) in [6, 6.07) is 10.6. The molecule has 0 atom stereocenters. The number of aromatic nitrogens is 3. The second-order valence-corrected chi connectivity index (χ2v) is 7.93. The number of piperazine rings is 1. The van der Waals surface area contributed by atoms with E-state index in [9.17, 15) is 0 Å². The average molecular weight is 402 g/mol. The summed E-state index contributed by atoms with van der Waals surface area (Å²) in [5, 5.41) is 11.9. The lowest BCUT2D eigenvalue weighted by Gasteiger charge is -2.37. The van der Waals surface area contributed by atoms with E-state index in [1.54, 1.807) is 0 Å². The summed E-state index contributed by atoms with van der Waals surface area (Å²) in [6.45, 7) is 7.36. The van der Waals surface area contributed by atoms with Gasteiger partial charge in [0.2, 0.25) is 0 Å². The van der Waals surface area contributed by atoms with Gasteiger partial charge >= 0.3 is 0 Å². The van der Waals surface area contributed by atoms with E-state index in [0.29, 0.717) is 6.54 Å². The van der Waals surface area contributed by atoms with E-state index in [1.807, 2.05) is 30.3 Å². The molecule has 0 amide bonds. The zero-order valence-electron chi connectivity index (χ0n) is 17.1. The summed E-state index contributed by atoms with van der Waals surface area (Å²) in [6.07, 6.45) is 3.28. The van der Waals surface area contributed by atoms with E-state index in [2.05, 4.69) is 61.9 Å². The first-order valence-corrected chi connectivity index (χ1v) is 11.3.